The number of benzene rings is 1. The second-order valence-corrected chi connectivity index (χ2v) is 6.02. The van der Waals surface area contributed by atoms with Crippen molar-refractivity contribution in [2.45, 2.75) is 24.7 Å². The lowest BCUT2D eigenvalue weighted by molar-refractivity contribution is -0.385. The van der Waals surface area contributed by atoms with Crippen LogP contribution in [0.2, 0.25) is 0 Å². The number of hydrogen-bond donors (Lipinski definition) is 0. The maximum Gasteiger partial charge on any atom is 0.282 e. The van der Waals surface area contributed by atoms with E-state index < -0.39 is 4.92 Å². The van der Waals surface area contributed by atoms with Gasteiger partial charge in [0.2, 0.25) is 0 Å². The van der Waals surface area contributed by atoms with Gasteiger partial charge < -0.3 is 4.90 Å². The van der Waals surface area contributed by atoms with Gasteiger partial charge in [-0.1, -0.05) is 6.92 Å². The Morgan fingerprint density at radius 1 is 1.50 bits per heavy atom. The number of nitro groups is 1. The van der Waals surface area contributed by atoms with Crippen LogP contribution in [0.1, 0.15) is 30.1 Å². The molecule has 2 rings (SSSR count). The molecule has 108 valence electrons. The topological polar surface area (TPSA) is 63.5 Å². The molecule has 1 amide bonds. The lowest BCUT2D eigenvalue weighted by atomic mass is 9.99. The zero-order valence-electron chi connectivity index (χ0n) is 11.7. The third-order valence-corrected chi connectivity index (χ3v) is 4.30. The largest absolute Gasteiger partial charge is 0.338 e. The number of piperidine rings is 1. The number of rotatable bonds is 3. The maximum absolute atomic E-state index is 12.6. The molecule has 1 aliphatic heterocycles. The van der Waals surface area contributed by atoms with Crippen LogP contribution in [-0.2, 0) is 0 Å². The van der Waals surface area contributed by atoms with Crippen molar-refractivity contribution in [3.8, 4) is 0 Å². The van der Waals surface area contributed by atoms with Crippen molar-refractivity contribution >= 4 is 23.4 Å². The Balaban J connectivity index is 2.34. The molecular weight excluding hydrogens is 276 g/mol. The van der Waals surface area contributed by atoms with Gasteiger partial charge in [-0.15, -0.1) is 11.8 Å². The first kappa shape index (κ1) is 14.8. The maximum atomic E-state index is 12.6. The molecule has 0 N–H and O–H groups in total. The van der Waals surface area contributed by atoms with Crippen molar-refractivity contribution in [2.24, 2.45) is 5.92 Å². The van der Waals surface area contributed by atoms with Crippen LogP contribution in [0.15, 0.2) is 23.1 Å². The highest BCUT2D eigenvalue weighted by Crippen LogP contribution is 2.27. The molecule has 0 aliphatic carbocycles. The molecule has 5 nitrogen and oxygen atoms in total. The number of likely N-dealkylation sites (tertiary alicyclic amines) is 1. The van der Waals surface area contributed by atoms with E-state index in [0.29, 0.717) is 19.0 Å². The Kier molecular flexibility index (Phi) is 4.65. The third kappa shape index (κ3) is 3.12. The van der Waals surface area contributed by atoms with Crippen LogP contribution in [0.4, 0.5) is 5.69 Å². The predicted octanol–water partition coefficient (Wildman–Crippen LogP) is 3.19. The fourth-order valence-corrected chi connectivity index (χ4v) is 2.96. The molecule has 0 aromatic heterocycles. The van der Waals surface area contributed by atoms with E-state index in [1.165, 1.54) is 17.8 Å². The van der Waals surface area contributed by atoms with Crippen molar-refractivity contribution < 1.29 is 9.72 Å². The standard InChI is InChI=1S/C14H18N2O3S/c1-10-4-3-7-15(9-10)14(17)12-8-11(20-2)5-6-13(12)16(18)19/h5-6,8,10H,3-4,7,9H2,1-2H3/t10-/m0/s1. The Morgan fingerprint density at radius 2 is 2.25 bits per heavy atom. The van der Waals surface area contributed by atoms with Gasteiger partial charge in [0.25, 0.3) is 11.6 Å². The summed E-state index contributed by atoms with van der Waals surface area (Å²) < 4.78 is 0. The monoisotopic (exact) mass is 294 g/mol. The van der Waals surface area contributed by atoms with E-state index in [1.807, 2.05) is 6.26 Å². The van der Waals surface area contributed by atoms with Crippen LogP contribution in [0.25, 0.3) is 0 Å². The lowest BCUT2D eigenvalue weighted by Gasteiger charge is -2.30. The highest BCUT2D eigenvalue weighted by molar-refractivity contribution is 7.98. The van der Waals surface area contributed by atoms with E-state index in [1.54, 1.807) is 17.0 Å². The summed E-state index contributed by atoms with van der Waals surface area (Å²) in [5.41, 5.74) is 0.0991. The molecule has 0 bridgehead atoms. The first-order valence-corrected chi connectivity index (χ1v) is 7.87. The van der Waals surface area contributed by atoms with Gasteiger partial charge in [0.15, 0.2) is 0 Å². The first-order chi connectivity index (χ1) is 9.52. The van der Waals surface area contributed by atoms with E-state index in [-0.39, 0.29) is 17.2 Å². The number of nitrogens with zero attached hydrogens (tertiary/aromatic N) is 2. The van der Waals surface area contributed by atoms with Gasteiger partial charge in [-0.3, -0.25) is 14.9 Å². The molecule has 0 unspecified atom stereocenters. The van der Waals surface area contributed by atoms with Crippen molar-refractivity contribution in [1.29, 1.82) is 0 Å². The third-order valence-electron chi connectivity index (χ3n) is 3.58. The molecular formula is C14H18N2O3S. The zero-order valence-corrected chi connectivity index (χ0v) is 12.5. The lowest BCUT2D eigenvalue weighted by Crippen LogP contribution is -2.39. The van der Waals surface area contributed by atoms with E-state index in [4.69, 9.17) is 0 Å². The molecule has 0 spiro atoms. The first-order valence-electron chi connectivity index (χ1n) is 6.64. The minimum absolute atomic E-state index is 0.106. The summed E-state index contributed by atoms with van der Waals surface area (Å²) >= 11 is 1.47. The van der Waals surface area contributed by atoms with E-state index >= 15 is 0 Å². The molecule has 6 heteroatoms. The molecule has 1 aliphatic rings. The van der Waals surface area contributed by atoms with Crippen LogP contribution in [0.3, 0.4) is 0 Å². The number of amides is 1. The highest BCUT2D eigenvalue weighted by Gasteiger charge is 2.27. The summed E-state index contributed by atoms with van der Waals surface area (Å²) in [4.78, 5) is 25.8. The summed E-state index contributed by atoms with van der Waals surface area (Å²) in [6.07, 6.45) is 3.96. The SMILES string of the molecule is CSc1ccc([N+](=O)[O-])c(C(=O)N2CCC[C@H](C)C2)c1. The Hall–Kier alpha value is -1.56. The number of carbonyl (C=O) groups excluding carboxylic acids is 1. The zero-order chi connectivity index (χ0) is 14.7. The van der Waals surface area contributed by atoms with Gasteiger partial charge in [0.05, 0.1) is 4.92 Å². The smallest absolute Gasteiger partial charge is 0.282 e. The minimum Gasteiger partial charge on any atom is -0.338 e. The Morgan fingerprint density at radius 3 is 2.85 bits per heavy atom. The highest BCUT2D eigenvalue weighted by atomic mass is 32.2. The average molecular weight is 294 g/mol. The summed E-state index contributed by atoms with van der Waals surface area (Å²) in [5.74, 6) is 0.231. The van der Waals surface area contributed by atoms with Crippen molar-refractivity contribution in [1.82, 2.24) is 4.90 Å². The molecule has 1 aromatic carbocycles. The minimum atomic E-state index is -0.481. The van der Waals surface area contributed by atoms with Crippen LogP contribution in [0, 0.1) is 16.0 Å². The fraction of sp³-hybridized carbons (Fsp3) is 0.500. The molecule has 20 heavy (non-hydrogen) atoms. The van der Waals surface area contributed by atoms with Gasteiger partial charge >= 0.3 is 0 Å². The fourth-order valence-electron chi connectivity index (χ4n) is 2.52. The van der Waals surface area contributed by atoms with Gasteiger partial charge in [-0.25, -0.2) is 0 Å². The Labute approximate surface area is 122 Å². The molecule has 1 atom stereocenters. The number of thioether (sulfide) groups is 1. The summed E-state index contributed by atoms with van der Waals surface area (Å²) in [6, 6.07) is 4.73. The van der Waals surface area contributed by atoms with Crippen LogP contribution < -0.4 is 0 Å². The van der Waals surface area contributed by atoms with Crippen LogP contribution in [-0.4, -0.2) is 35.1 Å². The second kappa shape index (κ2) is 6.26. The second-order valence-electron chi connectivity index (χ2n) is 5.14. The molecule has 1 aromatic rings. The van der Waals surface area contributed by atoms with Gasteiger partial charge in [-0.05, 0) is 37.1 Å². The van der Waals surface area contributed by atoms with Gasteiger partial charge in [-0.2, -0.15) is 0 Å². The molecule has 0 saturated carbocycles. The van der Waals surface area contributed by atoms with E-state index in [2.05, 4.69) is 6.92 Å². The number of nitro benzene ring substituents is 1. The van der Waals surface area contributed by atoms with Crippen molar-refractivity contribution in [3.63, 3.8) is 0 Å². The van der Waals surface area contributed by atoms with Crippen LogP contribution >= 0.6 is 11.8 Å². The molecule has 1 fully saturated rings. The molecule has 0 radical (unpaired) electrons. The normalized spacial score (nSPS) is 18.9. The summed E-state index contributed by atoms with van der Waals surface area (Å²) in [7, 11) is 0. The number of carbonyl (C=O) groups is 1. The van der Waals surface area contributed by atoms with Gasteiger partial charge in [0.1, 0.15) is 5.56 Å². The summed E-state index contributed by atoms with van der Waals surface area (Å²) in [6.45, 7) is 3.47. The van der Waals surface area contributed by atoms with E-state index in [9.17, 15) is 14.9 Å². The Bertz CT molecular complexity index is 533. The summed E-state index contributed by atoms with van der Waals surface area (Å²) in [5, 5.41) is 11.1. The number of hydrogen-bond acceptors (Lipinski definition) is 4. The van der Waals surface area contributed by atoms with Crippen LogP contribution in [0.5, 0.6) is 0 Å². The molecule has 1 heterocycles. The van der Waals surface area contributed by atoms with E-state index in [0.717, 1.165) is 17.7 Å². The van der Waals surface area contributed by atoms with Gasteiger partial charge in [0, 0.05) is 24.1 Å². The predicted molar refractivity (Wildman–Crippen MR) is 79.2 cm³/mol. The van der Waals surface area contributed by atoms with Crippen molar-refractivity contribution in [2.75, 3.05) is 19.3 Å². The molecule has 1 saturated heterocycles. The van der Waals surface area contributed by atoms with Crippen molar-refractivity contribution in [3.05, 3.63) is 33.9 Å². The average Bonchev–Trinajstić information content (AvgIpc) is 2.45. The quantitative estimate of drug-likeness (QED) is 0.488.